The van der Waals surface area contributed by atoms with Crippen LogP contribution in [0, 0.1) is 17.6 Å². The minimum atomic E-state index is -1.05. The number of rotatable bonds is 15. The van der Waals surface area contributed by atoms with Crippen molar-refractivity contribution in [3.63, 3.8) is 0 Å². The van der Waals surface area contributed by atoms with Crippen LogP contribution in [-0.2, 0) is 32.7 Å². The Balaban J connectivity index is 1.22. The fourth-order valence-corrected chi connectivity index (χ4v) is 6.70. The van der Waals surface area contributed by atoms with Gasteiger partial charge in [0, 0.05) is 44.7 Å². The first-order chi connectivity index (χ1) is 24.2. The number of benzene rings is 2. The number of fused-ring (bicyclic) bond motifs is 1. The first-order valence-corrected chi connectivity index (χ1v) is 17.5. The van der Waals surface area contributed by atoms with E-state index >= 15 is 0 Å². The van der Waals surface area contributed by atoms with Gasteiger partial charge in [0.2, 0.25) is 11.8 Å². The Morgan fingerprint density at radius 3 is 2.22 bits per heavy atom. The average Bonchev–Trinajstić information content (AvgIpc) is 3.40. The molecule has 13 heteroatoms. The van der Waals surface area contributed by atoms with Gasteiger partial charge in [-0.1, -0.05) is 49.6 Å². The van der Waals surface area contributed by atoms with E-state index in [2.05, 4.69) is 10.6 Å². The molecule has 2 atom stereocenters. The molecule has 2 aromatic carbocycles. The molecule has 5 rings (SSSR count). The van der Waals surface area contributed by atoms with Gasteiger partial charge in [-0.25, -0.2) is 8.78 Å². The number of aromatic nitrogens is 1. The van der Waals surface area contributed by atoms with E-state index in [1.54, 1.807) is 30.8 Å². The number of hydrogen-bond acceptors (Lipinski definition) is 7. The number of amides is 3. The van der Waals surface area contributed by atoms with Crippen LogP contribution in [0.3, 0.4) is 0 Å². The Labute approximate surface area is 292 Å². The van der Waals surface area contributed by atoms with E-state index < -0.39 is 23.7 Å². The van der Waals surface area contributed by atoms with Gasteiger partial charge in [-0.05, 0) is 44.4 Å². The highest BCUT2D eigenvalue weighted by Gasteiger charge is 2.37. The predicted molar refractivity (Wildman–Crippen MR) is 185 cm³/mol. The highest BCUT2D eigenvalue weighted by molar-refractivity contribution is 6.04. The van der Waals surface area contributed by atoms with Crippen LogP contribution in [0.5, 0.6) is 5.75 Å². The lowest BCUT2D eigenvalue weighted by atomic mass is 9.83. The molecule has 1 aromatic heterocycles. The molecule has 0 bridgehead atoms. The number of nitrogens with one attached hydrogen (secondary N) is 2. The molecule has 11 nitrogen and oxygen atoms in total. The fraction of sp³-hybridized carbons (Fsp3) is 0.541. The third kappa shape index (κ3) is 8.98. The van der Waals surface area contributed by atoms with E-state index in [9.17, 15) is 23.2 Å². The zero-order valence-corrected chi connectivity index (χ0v) is 29.2. The number of nitrogens with zero attached hydrogens (tertiary/aromatic N) is 3. The highest BCUT2D eigenvalue weighted by Crippen LogP contribution is 2.35. The lowest BCUT2D eigenvalue weighted by molar-refractivity contribution is -0.140. The molecular weight excluding hydrogens is 648 g/mol. The SMILES string of the molecule is CNC(C)C(=O)NC(C(=O)N1CCN(C(=O)c2c(OCCOCCOCc3ccccc3)c3cc(F)c(F)cc3n2C)CC1)C1CCCCC1. The third-order valence-electron chi connectivity index (χ3n) is 9.75. The van der Waals surface area contributed by atoms with Gasteiger partial charge >= 0.3 is 0 Å². The lowest BCUT2D eigenvalue weighted by Gasteiger charge is -2.39. The van der Waals surface area contributed by atoms with Gasteiger partial charge in [0.15, 0.2) is 23.1 Å². The second kappa shape index (κ2) is 17.7. The quantitative estimate of drug-likeness (QED) is 0.231. The Morgan fingerprint density at radius 2 is 1.52 bits per heavy atom. The Hall–Kier alpha value is -4.07. The molecule has 0 radical (unpaired) electrons. The number of aryl methyl sites for hydroxylation is 1. The van der Waals surface area contributed by atoms with E-state index in [1.807, 2.05) is 30.3 Å². The van der Waals surface area contributed by atoms with Crippen LogP contribution in [0.25, 0.3) is 10.9 Å². The first kappa shape index (κ1) is 37.2. The summed E-state index contributed by atoms with van der Waals surface area (Å²) in [7, 11) is 3.32. The van der Waals surface area contributed by atoms with Gasteiger partial charge in [0.25, 0.3) is 5.91 Å². The van der Waals surface area contributed by atoms with Crippen molar-refractivity contribution < 1.29 is 37.4 Å². The number of likely N-dealkylation sites (N-methyl/N-ethyl adjacent to an activating group) is 1. The zero-order chi connectivity index (χ0) is 35.6. The number of carbonyl (C=O) groups is 3. The molecule has 2 fully saturated rings. The molecular formula is C37H49F2N5O6. The number of halogens is 2. The normalized spacial score (nSPS) is 16.7. The van der Waals surface area contributed by atoms with Crippen LogP contribution in [0.15, 0.2) is 42.5 Å². The molecule has 3 aromatic rings. The van der Waals surface area contributed by atoms with Crippen LogP contribution in [0.1, 0.15) is 55.1 Å². The molecule has 2 heterocycles. The molecule has 2 aliphatic rings. The van der Waals surface area contributed by atoms with E-state index in [4.69, 9.17) is 14.2 Å². The molecule has 0 spiro atoms. The zero-order valence-electron chi connectivity index (χ0n) is 29.2. The molecule has 272 valence electrons. The maximum absolute atomic E-state index is 14.4. The van der Waals surface area contributed by atoms with E-state index in [0.717, 1.165) is 49.8 Å². The van der Waals surface area contributed by atoms with Crippen LogP contribution in [0.2, 0.25) is 0 Å². The number of piperazine rings is 1. The van der Waals surface area contributed by atoms with Crippen LogP contribution in [-0.4, -0.2) is 104 Å². The van der Waals surface area contributed by atoms with Crippen molar-refractivity contribution >= 4 is 28.6 Å². The Kier molecular flexibility index (Phi) is 13.2. The summed E-state index contributed by atoms with van der Waals surface area (Å²) in [5, 5.41) is 6.22. The molecule has 50 heavy (non-hydrogen) atoms. The van der Waals surface area contributed by atoms with E-state index in [1.165, 1.54) is 4.57 Å². The Morgan fingerprint density at radius 1 is 0.880 bits per heavy atom. The number of hydrogen-bond donors (Lipinski definition) is 2. The molecule has 1 aliphatic heterocycles. The van der Waals surface area contributed by atoms with E-state index in [0.29, 0.717) is 25.3 Å². The summed E-state index contributed by atoms with van der Waals surface area (Å²) in [5.41, 5.74) is 1.53. The molecule has 2 unspecified atom stereocenters. The summed E-state index contributed by atoms with van der Waals surface area (Å²) in [6, 6.07) is 10.8. The van der Waals surface area contributed by atoms with Crippen molar-refractivity contribution in [3.05, 3.63) is 65.4 Å². The molecule has 1 saturated carbocycles. The van der Waals surface area contributed by atoms with Crippen molar-refractivity contribution in [2.45, 2.75) is 57.7 Å². The summed E-state index contributed by atoms with van der Waals surface area (Å²) in [6.07, 6.45) is 4.91. The van der Waals surface area contributed by atoms with Crippen molar-refractivity contribution in [2.24, 2.45) is 13.0 Å². The van der Waals surface area contributed by atoms with Crippen LogP contribution in [0.4, 0.5) is 8.78 Å². The summed E-state index contributed by atoms with van der Waals surface area (Å²) in [5.74, 6) is -2.60. The standard InChI is InChI=1S/C37H49F2N5O6/c1-25(40-2)35(45)41-32(27-12-8-5-9-13-27)36(46)43-14-16-44(17-15-43)37(47)33-34(28-22-29(38)30(39)23-31(28)42(33)3)50-21-20-48-18-19-49-24-26-10-6-4-7-11-26/h4,6-7,10-11,22-23,25,27,32,40H,5,8-9,12-21,24H2,1-3H3,(H,41,45). The smallest absolute Gasteiger partial charge is 0.274 e. The molecule has 1 saturated heterocycles. The van der Waals surface area contributed by atoms with E-state index in [-0.39, 0.29) is 79.9 Å². The largest absolute Gasteiger partial charge is 0.488 e. The lowest BCUT2D eigenvalue weighted by Crippen LogP contribution is -2.59. The van der Waals surface area contributed by atoms with Gasteiger partial charge in [-0.2, -0.15) is 0 Å². The second-order valence-corrected chi connectivity index (χ2v) is 13.0. The summed E-state index contributed by atoms with van der Waals surface area (Å²) in [4.78, 5) is 44.0. The molecule has 2 N–H and O–H groups in total. The molecule has 1 aliphatic carbocycles. The third-order valence-corrected chi connectivity index (χ3v) is 9.75. The first-order valence-electron chi connectivity index (χ1n) is 17.5. The minimum absolute atomic E-state index is 0.0611. The number of ether oxygens (including phenoxy) is 3. The van der Waals surface area contributed by atoms with Gasteiger partial charge in [-0.3, -0.25) is 14.4 Å². The van der Waals surface area contributed by atoms with Gasteiger partial charge < -0.3 is 39.2 Å². The van der Waals surface area contributed by atoms with Crippen molar-refractivity contribution in [1.29, 1.82) is 0 Å². The summed E-state index contributed by atoms with van der Waals surface area (Å²) >= 11 is 0. The van der Waals surface area contributed by atoms with Crippen LogP contribution >= 0.6 is 0 Å². The Bertz CT molecular complexity index is 1600. The average molecular weight is 698 g/mol. The van der Waals surface area contributed by atoms with Gasteiger partial charge in [0.1, 0.15) is 12.6 Å². The summed E-state index contributed by atoms with van der Waals surface area (Å²) in [6.45, 7) is 4.27. The van der Waals surface area contributed by atoms with Crippen molar-refractivity contribution in [1.82, 2.24) is 25.0 Å². The molecule has 3 amide bonds. The maximum atomic E-state index is 14.4. The second-order valence-electron chi connectivity index (χ2n) is 13.0. The van der Waals surface area contributed by atoms with Crippen LogP contribution < -0.4 is 15.4 Å². The topological polar surface area (TPSA) is 114 Å². The monoisotopic (exact) mass is 697 g/mol. The minimum Gasteiger partial charge on any atom is -0.488 e. The highest BCUT2D eigenvalue weighted by atomic mass is 19.2. The predicted octanol–water partition coefficient (Wildman–Crippen LogP) is 4.03. The fourth-order valence-electron chi connectivity index (χ4n) is 6.70. The van der Waals surface area contributed by atoms with Gasteiger partial charge in [0.05, 0.1) is 38.0 Å². The van der Waals surface area contributed by atoms with Crippen molar-refractivity contribution in [3.8, 4) is 5.75 Å². The van der Waals surface area contributed by atoms with Gasteiger partial charge in [-0.15, -0.1) is 0 Å². The van der Waals surface area contributed by atoms with Crippen molar-refractivity contribution in [2.75, 3.05) is 59.7 Å². The summed E-state index contributed by atoms with van der Waals surface area (Å²) < 4.78 is 47.6. The maximum Gasteiger partial charge on any atom is 0.274 e. The number of carbonyl (C=O) groups excluding carboxylic acids is 3.